The molecular formula is C21H20F3N7O3. The molecule has 178 valence electrons. The Morgan fingerprint density at radius 3 is 2.59 bits per heavy atom. The molecule has 0 spiro atoms. The van der Waals surface area contributed by atoms with Crippen LogP contribution in [0.5, 0.6) is 11.6 Å². The molecule has 1 N–H and O–H groups in total. The molecule has 0 aliphatic rings. The van der Waals surface area contributed by atoms with Gasteiger partial charge in [-0.05, 0) is 28.6 Å². The number of ether oxygens (including phenoxy) is 2. The van der Waals surface area contributed by atoms with E-state index >= 15 is 0 Å². The number of amides is 1. The first-order chi connectivity index (χ1) is 16.4. The average Bonchev–Trinajstić information content (AvgIpc) is 3.31. The molecule has 2 heterocycles. The maximum Gasteiger partial charge on any atom is 0.471 e. The lowest BCUT2D eigenvalue weighted by atomic mass is 10.1. The maximum absolute atomic E-state index is 13.0. The Kier molecular flexibility index (Phi) is 8.33. The number of tetrazole rings is 1. The van der Waals surface area contributed by atoms with Gasteiger partial charge in [0, 0.05) is 18.7 Å². The minimum atomic E-state index is -5.10. The summed E-state index contributed by atoms with van der Waals surface area (Å²) in [5.41, 5.74) is 0. The SMILES string of the molecule is [C-]#[N+]C[C@H](COc1ccccn1)n1nnnc1[C@@H](CCOc1ccccc1)NC(=O)C(F)(F)F. The van der Waals surface area contributed by atoms with Gasteiger partial charge in [-0.25, -0.2) is 16.2 Å². The molecular weight excluding hydrogens is 455 g/mol. The van der Waals surface area contributed by atoms with E-state index in [1.54, 1.807) is 48.5 Å². The number of benzene rings is 1. The third-order valence-corrected chi connectivity index (χ3v) is 4.52. The zero-order valence-electron chi connectivity index (χ0n) is 17.7. The van der Waals surface area contributed by atoms with Gasteiger partial charge < -0.3 is 19.6 Å². The van der Waals surface area contributed by atoms with Crippen LogP contribution in [0.2, 0.25) is 0 Å². The van der Waals surface area contributed by atoms with Crippen LogP contribution < -0.4 is 14.8 Å². The summed E-state index contributed by atoms with van der Waals surface area (Å²) in [7, 11) is 0. The number of carbonyl (C=O) groups excluding carboxylic acids is 1. The molecule has 10 nitrogen and oxygen atoms in total. The number of alkyl halides is 3. The Bertz CT molecular complexity index is 1090. The number of aromatic nitrogens is 5. The van der Waals surface area contributed by atoms with Crippen LogP contribution in [0, 0.1) is 6.57 Å². The Balaban J connectivity index is 1.79. The molecule has 0 fully saturated rings. The van der Waals surface area contributed by atoms with Crippen molar-refractivity contribution < 1.29 is 27.4 Å². The van der Waals surface area contributed by atoms with Crippen LogP contribution in [0.3, 0.4) is 0 Å². The Hall–Kier alpha value is -4.21. The number of pyridine rings is 1. The van der Waals surface area contributed by atoms with Gasteiger partial charge in [0.25, 0.3) is 0 Å². The van der Waals surface area contributed by atoms with E-state index in [-0.39, 0.29) is 32.0 Å². The van der Waals surface area contributed by atoms with E-state index in [4.69, 9.17) is 16.0 Å². The molecule has 0 aliphatic carbocycles. The molecule has 3 aromatic rings. The van der Waals surface area contributed by atoms with Crippen molar-refractivity contribution in [1.82, 2.24) is 30.5 Å². The van der Waals surface area contributed by atoms with Gasteiger partial charge in [-0.3, -0.25) is 4.79 Å². The van der Waals surface area contributed by atoms with E-state index in [1.807, 2.05) is 5.32 Å². The summed E-state index contributed by atoms with van der Waals surface area (Å²) in [6, 6.07) is 11.7. The molecule has 2 aromatic heterocycles. The zero-order chi connectivity index (χ0) is 24.4. The van der Waals surface area contributed by atoms with Crippen LogP contribution in [0.25, 0.3) is 4.85 Å². The van der Waals surface area contributed by atoms with E-state index in [9.17, 15) is 18.0 Å². The first kappa shape index (κ1) is 24.4. The first-order valence-corrected chi connectivity index (χ1v) is 10.1. The van der Waals surface area contributed by atoms with Gasteiger partial charge in [0.2, 0.25) is 12.4 Å². The number of carbonyl (C=O) groups is 1. The van der Waals surface area contributed by atoms with Crippen LogP contribution in [-0.2, 0) is 4.79 Å². The fourth-order valence-corrected chi connectivity index (χ4v) is 2.93. The third-order valence-electron chi connectivity index (χ3n) is 4.52. The van der Waals surface area contributed by atoms with Gasteiger partial charge in [-0.1, -0.05) is 24.3 Å². The normalized spacial score (nSPS) is 12.9. The van der Waals surface area contributed by atoms with Crippen LogP contribution in [0.15, 0.2) is 54.7 Å². The molecule has 1 amide bonds. The summed E-state index contributed by atoms with van der Waals surface area (Å²) in [4.78, 5) is 19.1. The Morgan fingerprint density at radius 1 is 1.15 bits per heavy atom. The molecule has 3 rings (SSSR count). The average molecular weight is 475 g/mol. The predicted octanol–water partition coefficient (Wildman–Crippen LogP) is 2.80. The molecule has 0 unspecified atom stereocenters. The number of nitrogens with zero attached hydrogens (tertiary/aromatic N) is 6. The third kappa shape index (κ3) is 6.89. The van der Waals surface area contributed by atoms with Crippen LogP contribution in [0.1, 0.15) is 24.3 Å². The summed E-state index contributed by atoms with van der Waals surface area (Å²) in [5, 5.41) is 13.1. The number of hydrogen-bond donors (Lipinski definition) is 1. The van der Waals surface area contributed by atoms with Crippen LogP contribution >= 0.6 is 0 Å². The standard InChI is InChI=1S/C21H20F3N7O3/c1-25-13-15(14-34-18-9-5-6-11-26-18)31-19(28-29-30-31)17(27-20(32)21(22,23)24)10-12-33-16-7-3-2-4-8-16/h2-9,11,15,17H,10,12-14H2,(H,27,32)/t15-,17-/m1/s1. The van der Waals surface area contributed by atoms with E-state index < -0.39 is 24.2 Å². The topological polar surface area (TPSA) is 108 Å². The molecule has 0 aliphatic heterocycles. The monoisotopic (exact) mass is 475 g/mol. The van der Waals surface area contributed by atoms with Crippen molar-refractivity contribution in [2.75, 3.05) is 19.8 Å². The van der Waals surface area contributed by atoms with Crippen LogP contribution in [0.4, 0.5) is 13.2 Å². The summed E-state index contributed by atoms with van der Waals surface area (Å²) < 4.78 is 51.2. The van der Waals surface area contributed by atoms with Gasteiger partial charge in [0.1, 0.15) is 12.4 Å². The smallest absolute Gasteiger partial charge is 0.471 e. The van der Waals surface area contributed by atoms with Gasteiger partial charge in [-0.15, -0.1) is 5.10 Å². The zero-order valence-corrected chi connectivity index (χ0v) is 17.7. The van der Waals surface area contributed by atoms with Gasteiger partial charge >= 0.3 is 12.1 Å². The largest absolute Gasteiger partial charge is 0.494 e. The molecule has 1 aromatic carbocycles. The summed E-state index contributed by atoms with van der Waals surface area (Å²) in [6.07, 6.45) is -3.64. The van der Waals surface area contributed by atoms with Gasteiger partial charge in [0.15, 0.2) is 11.9 Å². The Morgan fingerprint density at radius 2 is 1.91 bits per heavy atom. The highest BCUT2D eigenvalue weighted by Gasteiger charge is 2.41. The second kappa shape index (κ2) is 11.6. The molecule has 0 saturated carbocycles. The summed E-state index contributed by atoms with van der Waals surface area (Å²) in [5.74, 6) is -1.39. The van der Waals surface area contributed by atoms with E-state index in [1.165, 1.54) is 10.9 Å². The van der Waals surface area contributed by atoms with E-state index in [0.717, 1.165) is 0 Å². The van der Waals surface area contributed by atoms with Crippen molar-refractivity contribution in [1.29, 1.82) is 0 Å². The second-order valence-electron chi connectivity index (χ2n) is 6.93. The van der Waals surface area contributed by atoms with Crippen molar-refractivity contribution >= 4 is 5.91 Å². The highest BCUT2D eigenvalue weighted by atomic mass is 19.4. The number of para-hydroxylation sites is 1. The highest BCUT2D eigenvalue weighted by Crippen LogP contribution is 2.23. The quantitative estimate of drug-likeness (QED) is 0.425. The van der Waals surface area contributed by atoms with Crippen molar-refractivity contribution in [3.05, 3.63) is 72.0 Å². The molecule has 2 atom stereocenters. The fraction of sp³-hybridized carbons (Fsp3) is 0.333. The predicted molar refractivity (Wildman–Crippen MR) is 112 cm³/mol. The number of halogens is 3. The molecule has 34 heavy (non-hydrogen) atoms. The second-order valence-corrected chi connectivity index (χ2v) is 6.93. The van der Waals surface area contributed by atoms with Crippen LogP contribution in [-0.4, -0.2) is 57.0 Å². The summed E-state index contributed by atoms with van der Waals surface area (Å²) in [6.45, 7) is 7.01. The summed E-state index contributed by atoms with van der Waals surface area (Å²) >= 11 is 0. The molecule has 0 saturated heterocycles. The number of nitrogens with one attached hydrogen (secondary N) is 1. The maximum atomic E-state index is 13.0. The minimum absolute atomic E-state index is 0.0302. The minimum Gasteiger partial charge on any atom is -0.494 e. The van der Waals surface area contributed by atoms with Crippen molar-refractivity contribution in [2.45, 2.75) is 24.7 Å². The Labute approximate surface area is 192 Å². The number of hydrogen-bond acceptors (Lipinski definition) is 7. The highest BCUT2D eigenvalue weighted by molar-refractivity contribution is 5.82. The van der Waals surface area contributed by atoms with Crippen molar-refractivity contribution in [3.8, 4) is 11.6 Å². The lowest BCUT2D eigenvalue weighted by Crippen LogP contribution is -2.41. The van der Waals surface area contributed by atoms with Crippen molar-refractivity contribution in [3.63, 3.8) is 0 Å². The number of rotatable bonds is 11. The van der Waals surface area contributed by atoms with E-state index in [2.05, 4.69) is 25.4 Å². The molecule has 13 heteroatoms. The molecule has 0 bridgehead atoms. The first-order valence-electron chi connectivity index (χ1n) is 10.1. The lowest BCUT2D eigenvalue weighted by molar-refractivity contribution is -0.174. The van der Waals surface area contributed by atoms with Crippen molar-refractivity contribution in [2.24, 2.45) is 0 Å². The molecule has 0 radical (unpaired) electrons. The lowest BCUT2D eigenvalue weighted by Gasteiger charge is -2.21. The van der Waals surface area contributed by atoms with Gasteiger partial charge in [-0.2, -0.15) is 13.2 Å². The fourth-order valence-electron chi connectivity index (χ4n) is 2.93. The van der Waals surface area contributed by atoms with E-state index in [0.29, 0.717) is 11.6 Å². The van der Waals surface area contributed by atoms with Gasteiger partial charge in [0.05, 0.1) is 12.6 Å².